The molecule has 1 heterocycles. The van der Waals surface area contributed by atoms with Crippen molar-refractivity contribution in [1.82, 2.24) is 9.78 Å². The maximum absolute atomic E-state index is 12.9. The zero-order valence-corrected chi connectivity index (χ0v) is 16.2. The maximum atomic E-state index is 12.9. The van der Waals surface area contributed by atoms with Gasteiger partial charge in [-0.25, -0.2) is 0 Å². The minimum absolute atomic E-state index is 0.265. The van der Waals surface area contributed by atoms with Crippen LogP contribution in [0.15, 0.2) is 59.2 Å². The van der Waals surface area contributed by atoms with Crippen molar-refractivity contribution < 1.29 is 9.53 Å². The Balaban J connectivity index is 1.92. The van der Waals surface area contributed by atoms with Crippen LogP contribution >= 0.6 is 15.9 Å². The number of rotatable bonds is 6. The highest BCUT2D eigenvalue weighted by Crippen LogP contribution is 2.26. The molecule has 0 fully saturated rings. The molecule has 0 bridgehead atoms. The topological polar surface area (TPSA) is 79.9 Å². The van der Waals surface area contributed by atoms with Crippen molar-refractivity contribution >= 4 is 27.5 Å². The highest BCUT2D eigenvalue weighted by molar-refractivity contribution is 9.10. The Labute approximate surface area is 165 Å². The minimum atomic E-state index is -0.265. The molecule has 0 unspecified atom stereocenters. The largest absolute Gasteiger partial charge is 0.497 e. The summed E-state index contributed by atoms with van der Waals surface area (Å²) < 4.78 is 7.65. The van der Waals surface area contributed by atoms with E-state index in [4.69, 9.17) is 10.00 Å². The van der Waals surface area contributed by atoms with Gasteiger partial charge in [0.1, 0.15) is 11.4 Å². The molecule has 3 aromatic rings. The standard InChI is InChI=1S/C20H17BrN4O2/c1-27-17-8-6-16(7-9-17)23-20(26)18-13-25(11-3-10-22)24-19(18)14-4-2-5-15(21)12-14/h2,4-9,12-13H,3,11H2,1H3,(H,23,26). The van der Waals surface area contributed by atoms with Crippen LogP contribution in [0, 0.1) is 11.3 Å². The van der Waals surface area contributed by atoms with Crippen LogP contribution in [0.2, 0.25) is 0 Å². The third-order valence-electron chi connectivity index (χ3n) is 3.90. The lowest BCUT2D eigenvalue weighted by Gasteiger charge is -2.07. The number of carbonyl (C=O) groups is 1. The second-order valence-electron chi connectivity index (χ2n) is 5.76. The van der Waals surface area contributed by atoms with Gasteiger partial charge in [0.25, 0.3) is 5.91 Å². The number of nitriles is 1. The lowest BCUT2D eigenvalue weighted by molar-refractivity contribution is 0.102. The Bertz CT molecular complexity index is 990. The number of aryl methyl sites for hydroxylation is 1. The first kappa shape index (κ1) is 18.7. The number of benzene rings is 2. The predicted octanol–water partition coefficient (Wildman–Crippen LogP) is 4.49. The van der Waals surface area contributed by atoms with E-state index in [-0.39, 0.29) is 5.91 Å². The average Bonchev–Trinajstić information content (AvgIpc) is 3.11. The summed E-state index contributed by atoms with van der Waals surface area (Å²) in [6, 6.07) is 16.8. The summed E-state index contributed by atoms with van der Waals surface area (Å²) in [6.07, 6.45) is 1.99. The van der Waals surface area contributed by atoms with E-state index < -0.39 is 0 Å². The molecule has 2 aromatic carbocycles. The molecular formula is C20H17BrN4O2. The first-order valence-corrected chi connectivity index (χ1v) is 9.06. The first-order valence-electron chi connectivity index (χ1n) is 8.26. The third kappa shape index (κ3) is 4.54. The number of aromatic nitrogens is 2. The van der Waals surface area contributed by atoms with Gasteiger partial charge in [-0.2, -0.15) is 10.4 Å². The maximum Gasteiger partial charge on any atom is 0.259 e. The van der Waals surface area contributed by atoms with Crippen molar-refractivity contribution in [1.29, 1.82) is 5.26 Å². The number of amides is 1. The van der Waals surface area contributed by atoms with Crippen LogP contribution < -0.4 is 10.1 Å². The molecular weight excluding hydrogens is 408 g/mol. The Morgan fingerprint density at radius 2 is 2.07 bits per heavy atom. The quantitative estimate of drug-likeness (QED) is 0.631. The molecule has 3 rings (SSSR count). The Kier molecular flexibility index (Phi) is 5.89. The van der Waals surface area contributed by atoms with Crippen molar-refractivity contribution in [2.24, 2.45) is 0 Å². The summed E-state index contributed by atoms with van der Waals surface area (Å²) in [5.74, 6) is 0.450. The summed E-state index contributed by atoms with van der Waals surface area (Å²) >= 11 is 3.45. The monoisotopic (exact) mass is 424 g/mol. The van der Waals surface area contributed by atoms with E-state index in [1.165, 1.54) is 0 Å². The molecule has 0 radical (unpaired) electrons. The molecule has 0 saturated carbocycles. The molecule has 0 atom stereocenters. The van der Waals surface area contributed by atoms with Gasteiger partial charge in [0.05, 0.1) is 31.7 Å². The number of nitrogens with zero attached hydrogens (tertiary/aromatic N) is 3. The number of carbonyl (C=O) groups excluding carboxylic acids is 1. The van der Waals surface area contributed by atoms with E-state index in [2.05, 4.69) is 32.4 Å². The van der Waals surface area contributed by atoms with Crippen molar-refractivity contribution in [2.45, 2.75) is 13.0 Å². The van der Waals surface area contributed by atoms with E-state index in [1.54, 1.807) is 42.3 Å². The zero-order valence-electron chi connectivity index (χ0n) is 14.6. The van der Waals surface area contributed by atoms with Gasteiger partial charge in [0.15, 0.2) is 0 Å². The molecule has 0 aliphatic heterocycles. The molecule has 1 amide bonds. The molecule has 27 heavy (non-hydrogen) atoms. The minimum Gasteiger partial charge on any atom is -0.497 e. The SMILES string of the molecule is COc1ccc(NC(=O)c2cn(CCC#N)nc2-c2cccc(Br)c2)cc1. The normalized spacial score (nSPS) is 10.3. The predicted molar refractivity (Wildman–Crippen MR) is 107 cm³/mol. The highest BCUT2D eigenvalue weighted by Gasteiger charge is 2.18. The van der Waals surface area contributed by atoms with Crippen molar-refractivity contribution in [3.8, 4) is 23.1 Å². The van der Waals surface area contributed by atoms with E-state index in [0.29, 0.717) is 35.7 Å². The molecule has 7 heteroatoms. The van der Waals surface area contributed by atoms with Gasteiger partial charge in [-0.3, -0.25) is 9.48 Å². The van der Waals surface area contributed by atoms with Crippen LogP contribution in [0.3, 0.4) is 0 Å². The lowest BCUT2D eigenvalue weighted by Crippen LogP contribution is -2.12. The van der Waals surface area contributed by atoms with Gasteiger partial charge in [-0.15, -0.1) is 0 Å². The van der Waals surface area contributed by atoms with Gasteiger partial charge in [-0.05, 0) is 36.4 Å². The van der Waals surface area contributed by atoms with Crippen LogP contribution in [-0.4, -0.2) is 22.8 Å². The summed E-state index contributed by atoms with van der Waals surface area (Å²) in [7, 11) is 1.59. The summed E-state index contributed by atoms with van der Waals surface area (Å²) in [5.41, 5.74) is 2.49. The second kappa shape index (κ2) is 8.52. The van der Waals surface area contributed by atoms with Crippen molar-refractivity contribution in [3.05, 3.63) is 64.8 Å². The van der Waals surface area contributed by atoms with Gasteiger partial charge in [0, 0.05) is 21.9 Å². The fourth-order valence-corrected chi connectivity index (χ4v) is 2.99. The van der Waals surface area contributed by atoms with Gasteiger partial charge >= 0.3 is 0 Å². The van der Waals surface area contributed by atoms with E-state index in [0.717, 1.165) is 10.0 Å². The highest BCUT2D eigenvalue weighted by atomic mass is 79.9. The molecule has 0 aliphatic carbocycles. The lowest BCUT2D eigenvalue weighted by atomic mass is 10.1. The number of anilines is 1. The van der Waals surface area contributed by atoms with Crippen LogP contribution in [0.4, 0.5) is 5.69 Å². The zero-order chi connectivity index (χ0) is 19.2. The fraction of sp³-hybridized carbons (Fsp3) is 0.150. The van der Waals surface area contributed by atoms with Gasteiger partial charge < -0.3 is 10.1 Å². The summed E-state index contributed by atoms with van der Waals surface area (Å²) in [5, 5.41) is 16.2. The molecule has 0 spiro atoms. The van der Waals surface area contributed by atoms with Crippen LogP contribution in [-0.2, 0) is 6.54 Å². The second-order valence-corrected chi connectivity index (χ2v) is 6.67. The van der Waals surface area contributed by atoms with Crippen LogP contribution in [0.1, 0.15) is 16.8 Å². The molecule has 0 saturated heterocycles. The van der Waals surface area contributed by atoms with E-state index >= 15 is 0 Å². The molecule has 0 aliphatic rings. The number of nitrogens with one attached hydrogen (secondary N) is 1. The third-order valence-corrected chi connectivity index (χ3v) is 4.40. The van der Waals surface area contributed by atoms with Crippen molar-refractivity contribution in [3.63, 3.8) is 0 Å². The first-order chi connectivity index (χ1) is 13.1. The van der Waals surface area contributed by atoms with Gasteiger partial charge in [-0.1, -0.05) is 28.1 Å². The molecule has 136 valence electrons. The molecule has 1 aromatic heterocycles. The number of halogens is 1. The van der Waals surface area contributed by atoms with Crippen LogP contribution in [0.25, 0.3) is 11.3 Å². The number of hydrogen-bond acceptors (Lipinski definition) is 4. The number of ether oxygens (including phenoxy) is 1. The molecule has 6 nitrogen and oxygen atoms in total. The summed E-state index contributed by atoms with van der Waals surface area (Å²) in [6.45, 7) is 0.424. The summed E-state index contributed by atoms with van der Waals surface area (Å²) in [4.78, 5) is 12.9. The van der Waals surface area contributed by atoms with Crippen molar-refractivity contribution in [2.75, 3.05) is 12.4 Å². The smallest absolute Gasteiger partial charge is 0.259 e. The van der Waals surface area contributed by atoms with Gasteiger partial charge in [0.2, 0.25) is 0 Å². The van der Waals surface area contributed by atoms with E-state index in [9.17, 15) is 4.79 Å². The Hall–Kier alpha value is -3.11. The van der Waals surface area contributed by atoms with Crippen LogP contribution in [0.5, 0.6) is 5.75 Å². The number of hydrogen-bond donors (Lipinski definition) is 1. The molecule has 1 N–H and O–H groups in total. The Morgan fingerprint density at radius 3 is 2.74 bits per heavy atom. The average molecular weight is 425 g/mol. The Morgan fingerprint density at radius 1 is 1.30 bits per heavy atom. The number of methoxy groups -OCH3 is 1. The fourth-order valence-electron chi connectivity index (χ4n) is 2.59. The van der Waals surface area contributed by atoms with E-state index in [1.807, 2.05) is 24.3 Å².